The van der Waals surface area contributed by atoms with Gasteiger partial charge in [-0.1, -0.05) is 12.1 Å². The molecule has 2 atom stereocenters. The van der Waals surface area contributed by atoms with E-state index in [0.29, 0.717) is 6.04 Å². The van der Waals surface area contributed by atoms with Crippen molar-refractivity contribution in [3.63, 3.8) is 0 Å². The number of methoxy groups -OCH3 is 2. The molecule has 0 bridgehead atoms. The van der Waals surface area contributed by atoms with E-state index in [1.54, 1.807) is 14.2 Å². The van der Waals surface area contributed by atoms with Gasteiger partial charge < -0.3 is 15.2 Å². The smallest absolute Gasteiger partial charge is 0.121 e. The van der Waals surface area contributed by atoms with E-state index in [9.17, 15) is 0 Å². The van der Waals surface area contributed by atoms with E-state index >= 15 is 0 Å². The van der Waals surface area contributed by atoms with Crippen LogP contribution in [0.1, 0.15) is 23.6 Å². The van der Waals surface area contributed by atoms with Crippen molar-refractivity contribution in [2.45, 2.75) is 25.4 Å². The van der Waals surface area contributed by atoms with Crippen molar-refractivity contribution >= 4 is 0 Å². The number of nitrogens with zero attached hydrogens (tertiary/aromatic N) is 1. The van der Waals surface area contributed by atoms with Crippen molar-refractivity contribution in [2.24, 2.45) is 5.73 Å². The molecule has 0 spiro atoms. The van der Waals surface area contributed by atoms with Crippen LogP contribution in [0.3, 0.4) is 0 Å². The minimum Gasteiger partial charge on any atom is -0.496 e. The fourth-order valence-electron chi connectivity index (χ4n) is 2.89. The topological polar surface area (TPSA) is 47.7 Å². The van der Waals surface area contributed by atoms with E-state index < -0.39 is 0 Å². The molecule has 1 aliphatic rings. The highest BCUT2D eigenvalue weighted by molar-refractivity contribution is 5.38. The van der Waals surface area contributed by atoms with Crippen LogP contribution in [0.4, 0.5) is 0 Å². The third-order valence-electron chi connectivity index (χ3n) is 3.89. The van der Waals surface area contributed by atoms with Crippen LogP contribution in [-0.2, 0) is 4.74 Å². The second kappa shape index (κ2) is 6.37. The average Bonchev–Trinajstić information content (AvgIpc) is 2.77. The minimum absolute atomic E-state index is 0.199. The lowest BCUT2D eigenvalue weighted by Crippen LogP contribution is -2.33. The summed E-state index contributed by atoms with van der Waals surface area (Å²) in [6.45, 7) is 4.79. The highest BCUT2D eigenvalue weighted by Crippen LogP contribution is 2.33. The van der Waals surface area contributed by atoms with E-state index in [-0.39, 0.29) is 6.04 Å². The van der Waals surface area contributed by atoms with Crippen LogP contribution in [0.5, 0.6) is 5.75 Å². The Morgan fingerprint density at radius 2 is 2.16 bits per heavy atom. The zero-order chi connectivity index (χ0) is 13.8. The summed E-state index contributed by atoms with van der Waals surface area (Å²) in [5.74, 6) is 0.929. The van der Waals surface area contributed by atoms with E-state index in [1.807, 2.05) is 6.07 Å². The van der Waals surface area contributed by atoms with Gasteiger partial charge in [0.25, 0.3) is 0 Å². The molecule has 2 rings (SSSR count). The standard InChI is InChI=1S/C15H24N2O2/c1-11-10-12(4-5-14(11)19-3)15-13(16)6-7-17(15)8-9-18-2/h4-5,10,13,15H,6-9,16H2,1-3H3. The Morgan fingerprint density at radius 3 is 2.79 bits per heavy atom. The molecular weight excluding hydrogens is 240 g/mol. The van der Waals surface area contributed by atoms with Crippen LogP contribution in [-0.4, -0.2) is 44.9 Å². The summed E-state index contributed by atoms with van der Waals surface area (Å²) in [4.78, 5) is 2.41. The fourth-order valence-corrected chi connectivity index (χ4v) is 2.89. The van der Waals surface area contributed by atoms with Crippen molar-refractivity contribution in [1.82, 2.24) is 4.90 Å². The molecule has 2 N–H and O–H groups in total. The lowest BCUT2D eigenvalue weighted by molar-refractivity contribution is 0.139. The van der Waals surface area contributed by atoms with Gasteiger partial charge in [0.2, 0.25) is 0 Å². The van der Waals surface area contributed by atoms with Crippen molar-refractivity contribution in [2.75, 3.05) is 33.9 Å². The van der Waals surface area contributed by atoms with Crippen molar-refractivity contribution in [3.05, 3.63) is 29.3 Å². The predicted octanol–water partition coefficient (Wildman–Crippen LogP) is 1.72. The van der Waals surface area contributed by atoms with Crippen LogP contribution in [0, 0.1) is 6.92 Å². The summed E-state index contributed by atoms with van der Waals surface area (Å²) in [7, 11) is 3.44. The summed E-state index contributed by atoms with van der Waals surface area (Å²) in [5.41, 5.74) is 8.72. The molecule has 1 aromatic carbocycles. The molecule has 0 aliphatic carbocycles. The van der Waals surface area contributed by atoms with Gasteiger partial charge in [0.05, 0.1) is 19.8 Å². The Bertz CT molecular complexity index is 423. The molecule has 1 saturated heterocycles. The Morgan fingerprint density at radius 1 is 1.37 bits per heavy atom. The van der Waals surface area contributed by atoms with Gasteiger partial charge in [-0.05, 0) is 30.5 Å². The maximum atomic E-state index is 6.28. The van der Waals surface area contributed by atoms with Crippen LogP contribution in [0.25, 0.3) is 0 Å². The summed E-state index contributed by atoms with van der Waals surface area (Å²) in [6.07, 6.45) is 1.04. The molecule has 1 heterocycles. The van der Waals surface area contributed by atoms with Crippen LogP contribution >= 0.6 is 0 Å². The van der Waals surface area contributed by atoms with Gasteiger partial charge in [0.15, 0.2) is 0 Å². The highest BCUT2D eigenvalue weighted by atomic mass is 16.5. The lowest BCUT2D eigenvalue weighted by Gasteiger charge is -2.27. The van der Waals surface area contributed by atoms with E-state index in [0.717, 1.165) is 37.4 Å². The van der Waals surface area contributed by atoms with Crippen molar-refractivity contribution in [3.8, 4) is 5.75 Å². The molecule has 0 radical (unpaired) electrons. The number of hydrogen-bond acceptors (Lipinski definition) is 4. The Balaban J connectivity index is 2.19. The number of benzene rings is 1. The number of aryl methyl sites for hydroxylation is 1. The van der Waals surface area contributed by atoms with Crippen LogP contribution in [0.2, 0.25) is 0 Å². The molecule has 4 nitrogen and oxygen atoms in total. The maximum absolute atomic E-state index is 6.28. The SMILES string of the molecule is COCCN1CCC(N)C1c1ccc(OC)c(C)c1. The van der Waals surface area contributed by atoms with Gasteiger partial charge in [-0.15, -0.1) is 0 Å². The molecule has 2 unspecified atom stereocenters. The number of nitrogens with two attached hydrogens (primary N) is 1. The molecule has 1 aromatic rings. The van der Waals surface area contributed by atoms with Crippen molar-refractivity contribution < 1.29 is 9.47 Å². The monoisotopic (exact) mass is 264 g/mol. The van der Waals surface area contributed by atoms with E-state index in [4.69, 9.17) is 15.2 Å². The fraction of sp³-hybridized carbons (Fsp3) is 0.600. The molecule has 0 saturated carbocycles. The first kappa shape index (κ1) is 14.3. The zero-order valence-electron chi connectivity index (χ0n) is 12.1. The third kappa shape index (κ3) is 3.08. The van der Waals surface area contributed by atoms with Gasteiger partial charge in [0, 0.05) is 26.2 Å². The maximum Gasteiger partial charge on any atom is 0.121 e. The largest absolute Gasteiger partial charge is 0.496 e. The normalized spacial score (nSPS) is 23.8. The first-order valence-electron chi connectivity index (χ1n) is 6.80. The molecule has 0 amide bonds. The third-order valence-corrected chi connectivity index (χ3v) is 3.89. The van der Waals surface area contributed by atoms with Gasteiger partial charge in [0.1, 0.15) is 5.75 Å². The zero-order valence-corrected chi connectivity index (χ0v) is 12.1. The van der Waals surface area contributed by atoms with Crippen LogP contribution in [0.15, 0.2) is 18.2 Å². The summed E-state index contributed by atoms with van der Waals surface area (Å²) in [6, 6.07) is 6.84. The summed E-state index contributed by atoms with van der Waals surface area (Å²) < 4.78 is 10.5. The molecule has 106 valence electrons. The molecule has 1 aliphatic heterocycles. The second-order valence-electron chi connectivity index (χ2n) is 5.16. The predicted molar refractivity (Wildman–Crippen MR) is 76.5 cm³/mol. The molecule has 19 heavy (non-hydrogen) atoms. The quantitative estimate of drug-likeness (QED) is 0.880. The minimum atomic E-state index is 0.199. The number of likely N-dealkylation sites (tertiary alicyclic amines) is 1. The van der Waals surface area contributed by atoms with Gasteiger partial charge >= 0.3 is 0 Å². The van der Waals surface area contributed by atoms with Gasteiger partial charge in [-0.2, -0.15) is 0 Å². The number of hydrogen-bond donors (Lipinski definition) is 1. The Labute approximate surface area is 115 Å². The van der Waals surface area contributed by atoms with E-state index in [1.165, 1.54) is 5.56 Å². The summed E-state index contributed by atoms with van der Waals surface area (Å²) >= 11 is 0. The summed E-state index contributed by atoms with van der Waals surface area (Å²) in [5, 5.41) is 0. The van der Waals surface area contributed by atoms with Crippen LogP contribution < -0.4 is 10.5 Å². The first-order chi connectivity index (χ1) is 9.17. The Hall–Kier alpha value is -1.10. The lowest BCUT2D eigenvalue weighted by atomic mass is 9.98. The van der Waals surface area contributed by atoms with Gasteiger partial charge in [-0.3, -0.25) is 4.90 Å². The second-order valence-corrected chi connectivity index (χ2v) is 5.16. The number of rotatable bonds is 5. The molecule has 4 heteroatoms. The first-order valence-corrected chi connectivity index (χ1v) is 6.80. The van der Waals surface area contributed by atoms with E-state index in [2.05, 4.69) is 24.0 Å². The molecular formula is C15H24N2O2. The number of ether oxygens (including phenoxy) is 2. The molecule has 1 fully saturated rings. The highest BCUT2D eigenvalue weighted by Gasteiger charge is 2.32. The average molecular weight is 264 g/mol. The van der Waals surface area contributed by atoms with Crippen molar-refractivity contribution in [1.29, 1.82) is 0 Å². The van der Waals surface area contributed by atoms with Gasteiger partial charge in [-0.25, -0.2) is 0 Å². The molecule has 0 aromatic heterocycles. The Kier molecular flexibility index (Phi) is 4.80.